The van der Waals surface area contributed by atoms with E-state index in [0.717, 1.165) is 11.3 Å². The smallest absolute Gasteiger partial charge is 0.252 e. The zero-order valence-electron chi connectivity index (χ0n) is 7.97. The summed E-state index contributed by atoms with van der Waals surface area (Å²) < 4.78 is 25.9. The minimum absolute atomic E-state index is 0.0550. The van der Waals surface area contributed by atoms with Crippen molar-refractivity contribution in [1.82, 2.24) is 9.71 Å². The predicted molar refractivity (Wildman–Crippen MR) is 58.6 cm³/mol. The van der Waals surface area contributed by atoms with Crippen LogP contribution in [0.25, 0.3) is 0 Å². The molecule has 86 valence electrons. The Bertz CT molecular complexity index is 414. The molecule has 0 amide bonds. The summed E-state index contributed by atoms with van der Waals surface area (Å²) in [7, 11) is -3.60. The molecule has 0 aliphatic rings. The predicted octanol–water partition coefficient (Wildman–Crippen LogP) is 0.846. The van der Waals surface area contributed by atoms with Crippen molar-refractivity contribution in [3.8, 4) is 0 Å². The average Bonchev–Trinajstić information content (AvgIpc) is 2.62. The summed E-state index contributed by atoms with van der Waals surface area (Å²) >= 11 is 6.42. The molecule has 0 aliphatic carbocycles. The van der Waals surface area contributed by atoms with Crippen LogP contribution in [0.2, 0.25) is 4.47 Å². The molecule has 0 saturated carbocycles. The van der Waals surface area contributed by atoms with Gasteiger partial charge in [-0.15, -0.1) is 0 Å². The lowest BCUT2D eigenvalue weighted by Crippen LogP contribution is -2.36. The van der Waals surface area contributed by atoms with E-state index in [9.17, 15) is 8.42 Å². The van der Waals surface area contributed by atoms with Gasteiger partial charge in [-0.2, -0.15) is 0 Å². The molecule has 1 atom stereocenters. The maximum Gasteiger partial charge on any atom is 0.252 e. The van der Waals surface area contributed by atoms with Crippen LogP contribution in [0, 0.1) is 0 Å². The van der Waals surface area contributed by atoms with E-state index in [1.807, 2.05) is 0 Å². The number of aromatic nitrogens is 1. The average molecular weight is 271 g/mol. The van der Waals surface area contributed by atoms with Crippen molar-refractivity contribution in [2.75, 3.05) is 6.61 Å². The van der Waals surface area contributed by atoms with Crippen LogP contribution in [0.15, 0.2) is 10.4 Å². The molecule has 0 aromatic carbocycles. The van der Waals surface area contributed by atoms with Gasteiger partial charge in [0.2, 0.25) is 0 Å². The van der Waals surface area contributed by atoms with Crippen LogP contribution in [0.1, 0.15) is 13.3 Å². The summed E-state index contributed by atoms with van der Waals surface area (Å²) in [6.45, 7) is 1.55. The standard InChI is InChI=1S/C7H11ClN2O3S2/c1-2-5(4-11)10-15(12,13)6-3-9-7(8)14-6/h3,5,10-11H,2,4H2,1H3/t5-/m0/s1. The van der Waals surface area contributed by atoms with Crippen LogP contribution in [0.3, 0.4) is 0 Å². The van der Waals surface area contributed by atoms with Crippen molar-refractivity contribution in [3.63, 3.8) is 0 Å². The Kier molecular flexibility index (Phi) is 4.47. The zero-order valence-corrected chi connectivity index (χ0v) is 10.4. The number of aliphatic hydroxyl groups is 1. The molecular weight excluding hydrogens is 260 g/mol. The van der Waals surface area contributed by atoms with E-state index >= 15 is 0 Å². The van der Waals surface area contributed by atoms with E-state index in [-0.39, 0.29) is 15.3 Å². The first-order valence-corrected chi connectivity index (χ1v) is 6.92. The van der Waals surface area contributed by atoms with Gasteiger partial charge in [0.25, 0.3) is 10.0 Å². The molecule has 0 saturated heterocycles. The molecule has 1 rings (SSSR count). The molecule has 0 unspecified atom stereocenters. The first kappa shape index (κ1) is 12.9. The Labute approximate surface area is 97.2 Å². The molecule has 1 aromatic heterocycles. The topological polar surface area (TPSA) is 79.3 Å². The molecule has 5 nitrogen and oxygen atoms in total. The van der Waals surface area contributed by atoms with Gasteiger partial charge in [0, 0.05) is 6.04 Å². The molecule has 0 bridgehead atoms. The monoisotopic (exact) mass is 270 g/mol. The molecule has 0 aliphatic heterocycles. The van der Waals surface area contributed by atoms with E-state index in [1.54, 1.807) is 6.92 Å². The van der Waals surface area contributed by atoms with Crippen LogP contribution < -0.4 is 4.72 Å². The SMILES string of the molecule is CC[C@@H](CO)NS(=O)(=O)c1cnc(Cl)s1. The van der Waals surface area contributed by atoms with Crippen LogP contribution in [-0.2, 0) is 10.0 Å². The summed E-state index contributed by atoms with van der Waals surface area (Å²) in [5.74, 6) is 0. The number of hydrogen-bond acceptors (Lipinski definition) is 5. The van der Waals surface area contributed by atoms with Crippen molar-refractivity contribution in [2.45, 2.75) is 23.6 Å². The maximum atomic E-state index is 11.7. The fourth-order valence-corrected chi connectivity index (χ4v) is 3.51. The zero-order chi connectivity index (χ0) is 11.5. The Hall–Kier alpha value is -0.210. The summed E-state index contributed by atoms with van der Waals surface area (Å²) in [5.41, 5.74) is 0. The van der Waals surface area contributed by atoms with Crippen molar-refractivity contribution >= 4 is 33.0 Å². The second kappa shape index (κ2) is 5.22. The van der Waals surface area contributed by atoms with Crippen molar-refractivity contribution in [1.29, 1.82) is 0 Å². The number of aliphatic hydroxyl groups excluding tert-OH is 1. The van der Waals surface area contributed by atoms with Crippen molar-refractivity contribution in [3.05, 3.63) is 10.7 Å². The number of halogens is 1. The minimum Gasteiger partial charge on any atom is -0.395 e. The third-order valence-corrected chi connectivity index (χ3v) is 4.85. The van der Waals surface area contributed by atoms with Crippen LogP contribution in [0.5, 0.6) is 0 Å². The fraction of sp³-hybridized carbons (Fsp3) is 0.571. The molecule has 1 heterocycles. The lowest BCUT2D eigenvalue weighted by molar-refractivity contribution is 0.254. The van der Waals surface area contributed by atoms with Crippen LogP contribution in [0.4, 0.5) is 0 Å². The van der Waals surface area contributed by atoms with E-state index in [1.165, 1.54) is 6.20 Å². The molecular formula is C7H11ClN2O3S2. The van der Waals surface area contributed by atoms with Gasteiger partial charge in [-0.3, -0.25) is 0 Å². The lowest BCUT2D eigenvalue weighted by Gasteiger charge is -2.12. The first-order valence-electron chi connectivity index (χ1n) is 4.24. The molecule has 0 fully saturated rings. The molecule has 1 aromatic rings. The fourth-order valence-electron chi connectivity index (χ4n) is 0.891. The van der Waals surface area contributed by atoms with E-state index in [4.69, 9.17) is 16.7 Å². The van der Waals surface area contributed by atoms with Crippen molar-refractivity contribution < 1.29 is 13.5 Å². The van der Waals surface area contributed by atoms with Gasteiger partial charge in [-0.05, 0) is 6.42 Å². The third-order valence-electron chi connectivity index (χ3n) is 1.76. The molecule has 2 N–H and O–H groups in total. The highest BCUT2D eigenvalue weighted by molar-refractivity contribution is 7.91. The van der Waals surface area contributed by atoms with Gasteiger partial charge in [0.1, 0.15) is 0 Å². The normalized spacial score (nSPS) is 14.1. The number of rotatable bonds is 5. The summed E-state index contributed by atoms with van der Waals surface area (Å²) in [4.78, 5) is 3.64. The number of nitrogens with zero attached hydrogens (tertiary/aromatic N) is 1. The van der Waals surface area contributed by atoms with Gasteiger partial charge < -0.3 is 5.11 Å². The van der Waals surface area contributed by atoms with E-state index < -0.39 is 16.1 Å². The lowest BCUT2D eigenvalue weighted by atomic mass is 10.3. The van der Waals surface area contributed by atoms with Gasteiger partial charge in [-0.25, -0.2) is 18.1 Å². The van der Waals surface area contributed by atoms with Gasteiger partial charge in [-0.1, -0.05) is 29.9 Å². The quantitative estimate of drug-likeness (QED) is 0.831. The molecule has 0 spiro atoms. The van der Waals surface area contributed by atoms with Crippen LogP contribution >= 0.6 is 22.9 Å². The molecule has 15 heavy (non-hydrogen) atoms. The van der Waals surface area contributed by atoms with E-state index in [0.29, 0.717) is 6.42 Å². The number of sulfonamides is 1. The van der Waals surface area contributed by atoms with Crippen molar-refractivity contribution in [2.24, 2.45) is 0 Å². The minimum atomic E-state index is -3.60. The Balaban J connectivity index is 2.84. The summed E-state index contributed by atoms with van der Waals surface area (Å²) in [6, 6.07) is -0.476. The Morgan fingerprint density at radius 3 is 2.80 bits per heavy atom. The second-order valence-corrected chi connectivity index (χ2v) is 6.39. The second-order valence-electron chi connectivity index (χ2n) is 2.84. The number of thiazole rings is 1. The van der Waals surface area contributed by atoms with Crippen LogP contribution in [-0.4, -0.2) is 31.2 Å². The van der Waals surface area contributed by atoms with E-state index in [2.05, 4.69) is 9.71 Å². The highest BCUT2D eigenvalue weighted by Crippen LogP contribution is 2.22. The van der Waals surface area contributed by atoms with Gasteiger partial charge >= 0.3 is 0 Å². The summed E-state index contributed by atoms with van der Waals surface area (Å²) in [6.07, 6.45) is 1.71. The largest absolute Gasteiger partial charge is 0.395 e. The molecule has 0 radical (unpaired) electrons. The highest BCUT2D eigenvalue weighted by atomic mass is 35.5. The molecule has 8 heteroatoms. The maximum absolute atomic E-state index is 11.7. The first-order chi connectivity index (χ1) is 6.99. The Morgan fingerprint density at radius 1 is 1.73 bits per heavy atom. The Morgan fingerprint density at radius 2 is 2.40 bits per heavy atom. The number of hydrogen-bond donors (Lipinski definition) is 2. The van der Waals surface area contributed by atoms with Gasteiger partial charge in [0.15, 0.2) is 8.68 Å². The highest BCUT2D eigenvalue weighted by Gasteiger charge is 2.20. The number of nitrogens with one attached hydrogen (secondary N) is 1. The third kappa shape index (κ3) is 3.39. The summed E-state index contributed by atoms with van der Waals surface area (Å²) in [5, 5.41) is 8.88. The van der Waals surface area contributed by atoms with Gasteiger partial charge in [0.05, 0.1) is 12.8 Å².